The molecule has 0 heterocycles. The molecule has 0 radical (unpaired) electrons. The topological polar surface area (TPSA) is 131 Å². The van der Waals surface area contributed by atoms with E-state index in [1.165, 1.54) is 0 Å². The van der Waals surface area contributed by atoms with Crippen LogP contribution in [0.4, 0.5) is 0 Å². The van der Waals surface area contributed by atoms with Gasteiger partial charge in [-0.25, -0.2) is 0 Å². The Morgan fingerprint density at radius 1 is 0.805 bits per heavy atom. The monoisotopic (exact) mass is 575 g/mol. The van der Waals surface area contributed by atoms with Crippen molar-refractivity contribution in [3.05, 3.63) is 23.8 Å². The minimum Gasteiger partial charge on any atom is -0.459 e. The summed E-state index contributed by atoms with van der Waals surface area (Å²) >= 11 is 0. The van der Waals surface area contributed by atoms with Crippen LogP contribution in [0.15, 0.2) is 18.2 Å². The largest absolute Gasteiger partial charge is 0.459 e. The third kappa shape index (κ3) is 12.6. The van der Waals surface area contributed by atoms with Gasteiger partial charge in [0.05, 0.1) is 5.92 Å². The number of benzene rings is 1. The zero-order chi connectivity index (χ0) is 30.2. The van der Waals surface area contributed by atoms with E-state index < -0.39 is 36.2 Å². The average molecular weight is 576 g/mol. The highest BCUT2D eigenvalue weighted by molar-refractivity contribution is 5.77. The lowest BCUT2D eigenvalue weighted by Crippen LogP contribution is -2.40. The maximum absolute atomic E-state index is 12.8. The Hall–Kier alpha value is -2.94. The average Bonchev–Trinajstić information content (AvgIpc) is 2.95. The van der Waals surface area contributed by atoms with Crippen molar-refractivity contribution in [2.24, 2.45) is 11.7 Å². The Kier molecular flexibility index (Phi) is 15.4. The summed E-state index contributed by atoms with van der Waals surface area (Å²) < 4.78 is 22.1. The van der Waals surface area contributed by atoms with Crippen LogP contribution in [0.3, 0.4) is 0 Å². The van der Waals surface area contributed by atoms with Gasteiger partial charge in [-0.05, 0) is 63.6 Å². The van der Waals surface area contributed by atoms with Crippen LogP contribution in [-0.4, -0.2) is 42.1 Å². The number of unbranched alkanes of at least 4 members (excludes halogenated alkanes) is 4. The van der Waals surface area contributed by atoms with E-state index in [0.717, 1.165) is 57.8 Å². The summed E-state index contributed by atoms with van der Waals surface area (Å²) in [7, 11) is 0. The number of carbonyl (C=O) groups is 4. The number of rotatable bonds is 17. The minimum absolute atomic E-state index is 0.0927. The van der Waals surface area contributed by atoms with Crippen LogP contribution in [0, 0.1) is 5.92 Å². The number of ether oxygens (including phenoxy) is 4. The van der Waals surface area contributed by atoms with Crippen LogP contribution < -0.4 is 15.2 Å². The molecule has 3 atom stereocenters. The molecule has 1 aliphatic rings. The first-order chi connectivity index (χ1) is 19.6. The SMILES string of the molecule is CCCCCC(=O)Oc1ccc(C[C@H](N)C(=O)O[C@@H](C)[C@H](C)OC(=O)C2CCCCC2)cc1OC(=O)CCCCC. The molecule has 0 aromatic heterocycles. The van der Waals surface area contributed by atoms with Crippen molar-refractivity contribution in [2.75, 3.05) is 0 Å². The highest BCUT2D eigenvalue weighted by Gasteiger charge is 2.28. The van der Waals surface area contributed by atoms with Crippen molar-refractivity contribution in [1.29, 1.82) is 0 Å². The fraction of sp³-hybridized carbons (Fsp3) is 0.688. The summed E-state index contributed by atoms with van der Waals surface area (Å²) in [6, 6.07) is 3.79. The van der Waals surface area contributed by atoms with Crippen LogP contribution in [0.2, 0.25) is 0 Å². The van der Waals surface area contributed by atoms with E-state index in [2.05, 4.69) is 6.92 Å². The van der Waals surface area contributed by atoms with Gasteiger partial charge in [-0.3, -0.25) is 19.2 Å². The molecule has 0 spiro atoms. The van der Waals surface area contributed by atoms with Crippen LogP contribution in [-0.2, 0) is 35.1 Å². The lowest BCUT2D eigenvalue weighted by molar-refractivity contribution is -0.169. The molecule has 230 valence electrons. The first-order valence-electron chi connectivity index (χ1n) is 15.3. The third-order valence-corrected chi connectivity index (χ3v) is 7.39. The molecule has 0 aliphatic heterocycles. The van der Waals surface area contributed by atoms with Crippen molar-refractivity contribution in [3.63, 3.8) is 0 Å². The van der Waals surface area contributed by atoms with E-state index in [0.29, 0.717) is 18.4 Å². The van der Waals surface area contributed by atoms with Gasteiger partial charge in [-0.2, -0.15) is 0 Å². The van der Waals surface area contributed by atoms with E-state index >= 15 is 0 Å². The van der Waals surface area contributed by atoms with Gasteiger partial charge in [-0.1, -0.05) is 64.9 Å². The van der Waals surface area contributed by atoms with Gasteiger partial charge in [0.2, 0.25) is 0 Å². The van der Waals surface area contributed by atoms with Crippen molar-refractivity contribution in [3.8, 4) is 11.5 Å². The molecular formula is C32H49NO8. The zero-order valence-corrected chi connectivity index (χ0v) is 25.3. The third-order valence-electron chi connectivity index (χ3n) is 7.39. The first-order valence-corrected chi connectivity index (χ1v) is 15.3. The van der Waals surface area contributed by atoms with Gasteiger partial charge in [0.1, 0.15) is 18.2 Å². The normalized spacial score (nSPS) is 15.8. The molecule has 41 heavy (non-hydrogen) atoms. The summed E-state index contributed by atoms with van der Waals surface area (Å²) in [5.41, 5.74) is 6.77. The van der Waals surface area contributed by atoms with Crippen molar-refractivity contribution in [1.82, 2.24) is 0 Å². The minimum atomic E-state index is -1.01. The maximum atomic E-state index is 12.8. The quantitative estimate of drug-likeness (QED) is 0.135. The second-order valence-corrected chi connectivity index (χ2v) is 11.1. The first kappa shape index (κ1) is 34.3. The van der Waals surface area contributed by atoms with Crippen LogP contribution in [0.25, 0.3) is 0 Å². The number of hydrogen-bond donors (Lipinski definition) is 1. The van der Waals surface area contributed by atoms with Crippen LogP contribution >= 0.6 is 0 Å². The summed E-state index contributed by atoms with van der Waals surface area (Å²) in [4.78, 5) is 50.0. The van der Waals surface area contributed by atoms with Crippen LogP contribution in [0.1, 0.15) is 117 Å². The predicted octanol–water partition coefficient (Wildman–Crippen LogP) is 5.97. The second kappa shape index (κ2) is 18.5. The molecule has 0 unspecified atom stereocenters. The molecule has 2 N–H and O–H groups in total. The standard InChI is InChI=1S/C32H49NO8/c1-5-7-10-16-29(34)40-27-19-18-24(21-28(27)41-30(35)17-11-8-6-2)20-26(33)32(37)39-23(4)22(3)38-31(36)25-14-12-9-13-15-25/h18-19,21-23,25-26H,5-17,20,33H2,1-4H3/t22-,23-,26-/m0/s1. The van der Waals surface area contributed by atoms with Gasteiger partial charge < -0.3 is 24.7 Å². The maximum Gasteiger partial charge on any atom is 0.323 e. The van der Waals surface area contributed by atoms with E-state index in [1.807, 2.05) is 6.92 Å². The Bertz CT molecular complexity index is 988. The number of hydrogen-bond acceptors (Lipinski definition) is 9. The van der Waals surface area contributed by atoms with Crippen molar-refractivity contribution >= 4 is 23.9 Å². The van der Waals surface area contributed by atoms with E-state index in [9.17, 15) is 19.2 Å². The Balaban J connectivity index is 2.00. The Morgan fingerprint density at radius 3 is 1.95 bits per heavy atom. The lowest BCUT2D eigenvalue weighted by Gasteiger charge is -2.26. The van der Waals surface area contributed by atoms with Crippen molar-refractivity contribution in [2.45, 2.75) is 136 Å². The van der Waals surface area contributed by atoms with E-state index in [-0.39, 0.29) is 42.6 Å². The Labute approximate surface area is 244 Å². The molecule has 1 aromatic carbocycles. The molecule has 1 aromatic rings. The number of carbonyl (C=O) groups excluding carboxylic acids is 4. The lowest BCUT2D eigenvalue weighted by atomic mass is 9.89. The molecule has 1 fully saturated rings. The summed E-state index contributed by atoms with van der Waals surface area (Å²) in [6.07, 6.45) is 9.38. The molecule has 1 saturated carbocycles. The summed E-state index contributed by atoms with van der Waals surface area (Å²) in [6.45, 7) is 7.47. The van der Waals surface area contributed by atoms with E-state index in [4.69, 9.17) is 24.7 Å². The molecule has 0 bridgehead atoms. The summed E-state index contributed by atoms with van der Waals surface area (Å²) in [5, 5.41) is 0. The van der Waals surface area contributed by atoms with Crippen molar-refractivity contribution < 1.29 is 38.1 Å². The molecule has 0 amide bonds. The fourth-order valence-electron chi connectivity index (χ4n) is 4.65. The fourth-order valence-corrected chi connectivity index (χ4v) is 4.65. The number of nitrogens with two attached hydrogens (primary N) is 1. The Morgan fingerprint density at radius 2 is 1.37 bits per heavy atom. The predicted molar refractivity (Wildman–Crippen MR) is 155 cm³/mol. The summed E-state index contributed by atoms with van der Waals surface area (Å²) in [5.74, 6) is -1.53. The highest BCUT2D eigenvalue weighted by atomic mass is 16.6. The van der Waals surface area contributed by atoms with E-state index in [1.54, 1.807) is 32.0 Å². The molecule has 2 rings (SSSR count). The van der Waals surface area contributed by atoms with Gasteiger partial charge in [0.25, 0.3) is 0 Å². The molecule has 9 nitrogen and oxygen atoms in total. The smallest absolute Gasteiger partial charge is 0.323 e. The highest BCUT2D eigenvalue weighted by Crippen LogP contribution is 2.30. The van der Waals surface area contributed by atoms with Gasteiger partial charge in [0.15, 0.2) is 11.5 Å². The van der Waals surface area contributed by atoms with Gasteiger partial charge in [-0.15, -0.1) is 0 Å². The zero-order valence-electron chi connectivity index (χ0n) is 25.3. The molecule has 9 heteroatoms. The van der Waals surface area contributed by atoms with Gasteiger partial charge >= 0.3 is 23.9 Å². The molecule has 1 aliphatic carbocycles. The second-order valence-electron chi connectivity index (χ2n) is 11.1. The van der Waals surface area contributed by atoms with Crippen LogP contribution in [0.5, 0.6) is 11.5 Å². The molecule has 0 saturated heterocycles. The van der Waals surface area contributed by atoms with Gasteiger partial charge in [0, 0.05) is 12.8 Å². The molecular weight excluding hydrogens is 526 g/mol. The number of esters is 4.